The van der Waals surface area contributed by atoms with E-state index in [1.54, 1.807) is 12.4 Å². The van der Waals surface area contributed by atoms with Crippen molar-refractivity contribution in [3.8, 4) is 11.3 Å². The number of morpholine rings is 2. The Morgan fingerprint density at radius 3 is 2.44 bits per heavy atom. The van der Waals surface area contributed by atoms with E-state index in [1.807, 2.05) is 34.1 Å². The fourth-order valence-corrected chi connectivity index (χ4v) is 5.21. The van der Waals surface area contributed by atoms with Crippen molar-refractivity contribution in [3.05, 3.63) is 47.8 Å². The summed E-state index contributed by atoms with van der Waals surface area (Å²) in [6.45, 7) is 5.55. The van der Waals surface area contributed by atoms with E-state index >= 15 is 0 Å². The largest absolute Gasteiger partial charge is 0.378 e. The van der Waals surface area contributed by atoms with Gasteiger partial charge in [-0.1, -0.05) is 6.07 Å². The fraction of sp³-hybridized carbons (Fsp3) is 0.385. The molecule has 6 rings (SSSR count). The minimum atomic E-state index is -0.0161. The summed E-state index contributed by atoms with van der Waals surface area (Å²) >= 11 is 5.85. The van der Waals surface area contributed by atoms with E-state index in [9.17, 15) is 4.79 Å². The highest BCUT2D eigenvalue weighted by molar-refractivity contribution is 7.80. The molecule has 39 heavy (non-hydrogen) atoms. The quantitative estimate of drug-likeness (QED) is 0.459. The van der Waals surface area contributed by atoms with Gasteiger partial charge in [-0.25, -0.2) is 15.0 Å². The Balaban J connectivity index is 1.28. The van der Waals surface area contributed by atoms with E-state index in [0.29, 0.717) is 82.2 Å². The first-order valence-corrected chi connectivity index (χ1v) is 13.3. The average molecular weight is 548 g/mol. The smallest absolute Gasteiger partial charge is 0.254 e. The number of hydrogen-bond donors (Lipinski definition) is 2. The molecule has 2 fully saturated rings. The predicted molar refractivity (Wildman–Crippen MR) is 151 cm³/mol. The second-order valence-electron chi connectivity index (χ2n) is 9.42. The van der Waals surface area contributed by atoms with Crippen LogP contribution in [0.25, 0.3) is 11.3 Å². The number of thiocarbonyl (C=S) groups is 1. The summed E-state index contributed by atoms with van der Waals surface area (Å²) in [5.41, 5.74) is 9.59. The first-order chi connectivity index (χ1) is 19.1. The van der Waals surface area contributed by atoms with Crippen molar-refractivity contribution in [1.82, 2.24) is 24.8 Å². The molecule has 0 unspecified atom stereocenters. The molecule has 5 heterocycles. The summed E-state index contributed by atoms with van der Waals surface area (Å²) in [5, 5.41) is 3.81. The van der Waals surface area contributed by atoms with Crippen LogP contribution in [-0.2, 0) is 15.9 Å². The second-order valence-corrected chi connectivity index (χ2v) is 9.81. The van der Waals surface area contributed by atoms with Gasteiger partial charge >= 0.3 is 0 Å². The molecule has 3 aliphatic rings. The van der Waals surface area contributed by atoms with Gasteiger partial charge in [0.1, 0.15) is 5.82 Å². The van der Waals surface area contributed by atoms with Gasteiger partial charge in [-0.2, -0.15) is 4.98 Å². The molecular weight excluding hydrogens is 518 g/mol. The van der Waals surface area contributed by atoms with Crippen LogP contribution in [0.3, 0.4) is 0 Å². The normalized spacial score (nSPS) is 17.2. The predicted octanol–water partition coefficient (Wildman–Crippen LogP) is 1.58. The molecule has 1 amide bonds. The molecule has 13 heteroatoms. The van der Waals surface area contributed by atoms with Gasteiger partial charge in [-0.15, -0.1) is 0 Å². The molecule has 3 aromatic rings. The van der Waals surface area contributed by atoms with Crippen LogP contribution in [0.2, 0.25) is 0 Å². The average Bonchev–Trinajstić information content (AvgIpc) is 3.42. The lowest BCUT2D eigenvalue weighted by molar-refractivity contribution is 0.0303. The zero-order chi connectivity index (χ0) is 26.8. The SMILES string of the molecule is Nc1ncc(-c2nc(N3CCOCC3)nc3c2CCN3C(=S)Nc2cccc(C(=O)N3CCOCC3)c2)cn1. The zero-order valence-corrected chi connectivity index (χ0v) is 22.2. The van der Waals surface area contributed by atoms with Crippen LogP contribution in [0, 0.1) is 0 Å². The fourth-order valence-electron chi connectivity index (χ4n) is 4.92. The maximum absolute atomic E-state index is 13.0. The van der Waals surface area contributed by atoms with Crippen LogP contribution in [0.15, 0.2) is 36.7 Å². The van der Waals surface area contributed by atoms with E-state index in [2.05, 4.69) is 20.2 Å². The van der Waals surface area contributed by atoms with Crippen LogP contribution < -0.4 is 20.9 Å². The van der Waals surface area contributed by atoms with E-state index in [-0.39, 0.29) is 11.9 Å². The van der Waals surface area contributed by atoms with E-state index in [4.69, 9.17) is 37.4 Å². The van der Waals surface area contributed by atoms with Gasteiger partial charge in [0, 0.05) is 67.5 Å². The molecule has 0 saturated carbocycles. The van der Waals surface area contributed by atoms with E-state index in [1.165, 1.54) is 0 Å². The highest BCUT2D eigenvalue weighted by Crippen LogP contribution is 2.36. The summed E-state index contributed by atoms with van der Waals surface area (Å²) in [6, 6.07) is 7.40. The number of aromatic nitrogens is 4. The molecule has 0 radical (unpaired) electrons. The van der Waals surface area contributed by atoms with Gasteiger partial charge in [-0.3, -0.25) is 4.79 Å². The number of rotatable bonds is 4. The number of carbonyl (C=O) groups excluding carboxylic acids is 1. The molecule has 3 N–H and O–H groups in total. The lowest BCUT2D eigenvalue weighted by Crippen LogP contribution is -2.40. The molecular formula is C26H29N9O3S. The molecule has 202 valence electrons. The van der Waals surface area contributed by atoms with Gasteiger partial charge in [0.05, 0.1) is 32.1 Å². The third-order valence-electron chi connectivity index (χ3n) is 6.96. The van der Waals surface area contributed by atoms with Crippen molar-refractivity contribution in [2.24, 2.45) is 0 Å². The highest BCUT2D eigenvalue weighted by Gasteiger charge is 2.30. The molecule has 3 aliphatic heterocycles. The minimum absolute atomic E-state index is 0.0161. The zero-order valence-electron chi connectivity index (χ0n) is 21.4. The Morgan fingerprint density at radius 1 is 0.974 bits per heavy atom. The number of anilines is 4. The Bertz CT molecular complexity index is 1380. The number of benzene rings is 1. The maximum Gasteiger partial charge on any atom is 0.254 e. The number of nitrogens with zero attached hydrogens (tertiary/aromatic N) is 7. The topological polar surface area (TPSA) is 135 Å². The van der Waals surface area contributed by atoms with Crippen molar-refractivity contribution >= 4 is 46.6 Å². The molecule has 12 nitrogen and oxygen atoms in total. The van der Waals surface area contributed by atoms with Crippen LogP contribution in [0.5, 0.6) is 0 Å². The summed E-state index contributed by atoms with van der Waals surface area (Å²) in [4.78, 5) is 37.1. The van der Waals surface area contributed by atoms with Crippen LogP contribution in [0.4, 0.5) is 23.4 Å². The molecule has 2 saturated heterocycles. The van der Waals surface area contributed by atoms with Gasteiger partial charge < -0.3 is 35.2 Å². The van der Waals surface area contributed by atoms with Crippen molar-refractivity contribution in [3.63, 3.8) is 0 Å². The third-order valence-corrected chi connectivity index (χ3v) is 7.28. The first kappa shape index (κ1) is 25.3. The second kappa shape index (κ2) is 11.0. The minimum Gasteiger partial charge on any atom is -0.378 e. The van der Waals surface area contributed by atoms with E-state index in [0.717, 1.165) is 28.3 Å². The van der Waals surface area contributed by atoms with Crippen molar-refractivity contribution in [2.45, 2.75) is 6.42 Å². The number of hydrogen-bond acceptors (Lipinski definition) is 10. The monoisotopic (exact) mass is 547 g/mol. The van der Waals surface area contributed by atoms with Crippen molar-refractivity contribution < 1.29 is 14.3 Å². The van der Waals surface area contributed by atoms with Crippen molar-refractivity contribution in [2.75, 3.05) is 80.0 Å². The van der Waals surface area contributed by atoms with Gasteiger partial charge in [0.2, 0.25) is 11.9 Å². The summed E-state index contributed by atoms with van der Waals surface area (Å²) in [7, 11) is 0. The molecule has 0 bridgehead atoms. The number of ether oxygens (including phenoxy) is 2. The van der Waals surface area contributed by atoms with Crippen molar-refractivity contribution in [1.29, 1.82) is 0 Å². The van der Waals surface area contributed by atoms with Crippen LogP contribution >= 0.6 is 12.2 Å². The number of fused-ring (bicyclic) bond motifs is 1. The molecule has 2 aromatic heterocycles. The molecule has 0 aliphatic carbocycles. The molecule has 1 aromatic carbocycles. The Hall–Kier alpha value is -3.94. The van der Waals surface area contributed by atoms with Crippen LogP contribution in [-0.4, -0.2) is 95.0 Å². The van der Waals surface area contributed by atoms with E-state index < -0.39 is 0 Å². The molecule has 0 atom stereocenters. The summed E-state index contributed by atoms with van der Waals surface area (Å²) in [5.74, 6) is 1.55. The van der Waals surface area contributed by atoms with Gasteiger partial charge in [0.25, 0.3) is 5.91 Å². The number of nitrogens with one attached hydrogen (secondary N) is 1. The highest BCUT2D eigenvalue weighted by atomic mass is 32.1. The Labute approximate surface area is 231 Å². The van der Waals surface area contributed by atoms with Gasteiger partial charge in [-0.05, 0) is 36.8 Å². The van der Waals surface area contributed by atoms with Crippen LogP contribution in [0.1, 0.15) is 15.9 Å². The Morgan fingerprint density at radius 2 is 1.69 bits per heavy atom. The number of amides is 1. The maximum atomic E-state index is 13.0. The Kier molecular flexibility index (Phi) is 7.18. The third kappa shape index (κ3) is 5.33. The number of carbonyl (C=O) groups is 1. The summed E-state index contributed by atoms with van der Waals surface area (Å²) < 4.78 is 10.9. The standard InChI is InChI=1S/C26H29N9O3S/c27-24-28-15-18(16-29-24)21-20-4-5-35(22(20)32-25(31-21)34-8-12-38-13-9-34)26(39)30-19-3-1-2-17(14-19)23(36)33-6-10-37-11-7-33/h1-3,14-16H,4-13H2,(H,30,39)(H2,27,28,29). The number of nitrogens with two attached hydrogens (primary N) is 1. The van der Waals surface area contributed by atoms with Gasteiger partial charge in [0.15, 0.2) is 5.11 Å². The summed E-state index contributed by atoms with van der Waals surface area (Å²) in [6.07, 6.45) is 4.07. The molecule has 0 spiro atoms. The lowest BCUT2D eigenvalue weighted by atomic mass is 10.1. The number of nitrogen functional groups attached to an aromatic ring is 1. The first-order valence-electron chi connectivity index (χ1n) is 12.9. The lowest BCUT2D eigenvalue weighted by Gasteiger charge is -2.28.